The maximum absolute atomic E-state index is 5.46. The number of rotatable bonds is 3. The van der Waals surface area contributed by atoms with Gasteiger partial charge in [-0.3, -0.25) is 0 Å². The van der Waals surface area contributed by atoms with Crippen molar-refractivity contribution in [2.75, 3.05) is 25.1 Å². The van der Waals surface area contributed by atoms with E-state index >= 15 is 0 Å². The fourth-order valence-corrected chi connectivity index (χ4v) is 2.60. The molecule has 1 heterocycles. The van der Waals surface area contributed by atoms with E-state index in [-0.39, 0.29) is 0 Å². The molecule has 1 aliphatic heterocycles. The van der Waals surface area contributed by atoms with Crippen LogP contribution in [0.2, 0.25) is 0 Å². The van der Waals surface area contributed by atoms with E-state index in [1.165, 1.54) is 12.8 Å². The topological polar surface area (TPSA) is 21.3 Å². The van der Waals surface area contributed by atoms with Gasteiger partial charge in [-0.15, -0.1) is 0 Å². The summed E-state index contributed by atoms with van der Waals surface area (Å²) >= 11 is 7.02. The van der Waals surface area contributed by atoms with Crippen LogP contribution in [0, 0.1) is 5.92 Å². The predicted octanol–water partition coefficient (Wildman–Crippen LogP) is 4.05. The van der Waals surface area contributed by atoms with Crippen LogP contribution >= 0.6 is 31.9 Å². The molecule has 2 rings (SSSR count). The molecule has 2 nitrogen and oxygen atoms in total. The number of anilines is 1. The second kappa shape index (κ2) is 6.03. The van der Waals surface area contributed by atoms with Gasteiger partial charge in [-0.2, -0.15) is 0 Å². The summed E-state index contributed by atoms with van der Waals surface area (Å²) < 4.78 is 7.66. The lowest BCUT2D eigenvalue weighted by Crippen LogP contribution is -2.24. The van der Waals surface area contributed by atoms with E-state index in [1.54, 1.807) is 0 Å². The SMILES string of the molecule is Brc1ccc(Br)c(NCC2CCCOC2)c1. The number of nitrogens with one attached hydrogen (secondary N) is 1. The molecular formula is C12H15Br2NO. The van der Waals surface area contributed by atoms with Crippen molar-refractivity contribution in [3.8, 4) is 0 Å². The van der Waals surface area contributed by atoms with E-state index in [0.717, 1.165) is 34.4 Å². The van der Waals surface area contributed by atoms with Gasteiger partial charge in [0.2, 0.25) is 0 Å². The average molecular weight is 349 g/mol. The molecule has 1 aromatic rings. The highest BCUT2D eigenvalue weighted by Crippen LogP contribution is 2.26. The van der Waals surface area contributed by atoms with E-state index in [0.29, 0.717) is 5.92 Å². The molecule has 1 aliphatic rings. The summed E-state index contributed by atoms with van der Waals surface area (Å²) in [5, 5.41) is 3.47. The standard InChI is InChI=1S/C12H15Br2NO/c13-10-3-4-11(14)12(6-10)15-7-9-2-1-5-16-8-9/h3-4,6,9,15H,1-2,5,7-8H2. The van der Waals surface area contributed by atoms with E-state index in [4.69, 9.17) is 4.74 Å². The summed E-state index contributed by atoms with van der Waals surface area (Å²) in [6, 6.07) is 6.16. The number of ether oxygens (including phenoxy) is 1. The van der Waals surface area contributed by atoms with Gasteiger partial charge in [-0.1, -0.05) is 15.9 Å². The van der Waals surface area contributed by atoms with Crippen molar-refractivity contribution >= 4 is 37.5 Å². The minimum absolute atomic E-state index is 0.639. The molecule has 0 spiro atoms. The van der Waals surface area contributed by atoms with Gasteiger partial charge in [0.15, 0.2) is 0 Å². The zero-order valence-electron chi connectivity index (χ0n) is 9.01. The largest absolute Gasteiger partial charge is 0.384 e. The Balaban J connectivity index is 1.90. The van der Waals surface area contributed by atoms with Crippen molar-refractivity contribution in [1.29, 1.82) is 0 Å². The Kier molecular flexibility index (Phi) is 4.67. The molecule has 1 atom stereocenters. The van der Waals surface area contributed by atoms with Gasteiger partial charge in [0.1, 0.15) is 0 Å². The molecule has 1 fully saturated rings. The minimum Gasteiger partial charge on any atom is -0.384 e. The lowest BCUT2D eigenvalue weighted by atomic mass is 10.0. The zero-order valence-corrected chi connectivity index (χ0v) is 12.2. The summed E-state index contributed by atoms with van der Waals surface area (Å²) in [7, 11) is 0. The van der Waals surface area contributed by atoms with Crippen LogP contribution in [0.3, 0.4) is 0 Å². The smallest absolute Gasteiger partial charge is 0.0511 e. The average Bonchev–Trinajstić information content (AvgIpc) is 2.32. The van der Waals surface area contributed by atoms with E-state index in [1.807, 2.05) is 12.1 Å². The van der Waals surface area contributed by atoms with Crippen molar-refractivity contribution in [3.05, 3.63) is 27.1 Å². The first kappa shape index (κ1) is 12.4. The Hall–Kier alpha value is -0.0600. The van der Waals surface area contributed by atoms with Crippen LogP contribution < -0.4 is 5.32 Å². The van der Waals surface area contributed by atoms with Gasteiger partial charge in [-0.05, 0) is 52.9 Å². The molecule has 1 N–H and O–H groups in total. The highest BCUT2D eigenvalue weighted by atomic mass is 79.9. The first-order chi connectivity index (χ1) is 7.75. The molecule has 0 bridgehead atoms. The van der Waals surface area contributed by atoms with Gasteiger partial charge >= 0.3 is 0 Å². The first-order valence-corrected chi connectivity index (χ1v) is 7.11. The second-order valence-electron chi connectivity index (χ2n) is 4.09. The lowest BCUT2D eigenvalue weighted by molar-refractivity contribution is 0.0595. The van der Waals surface area contributed by atoms with E-state index in [2.05, 4.69) is 43.2 Å². The number of halogens is 2. The first-order valence-electron chi connectivity index (χ1n) is 5.52. The summed E-state index contributed by atoms with van der Waals surface area (Å²) in [6.45, 7) is 2.80. The second-order valence-corrected chi connectivity index (χ2v) is 5.86. The molecule has 16 heavy (non-hydrogen) atoms. The zero-order chi connectivity index (χ0) is 11.4. The minimum atomic E-state index is 0.639. The molecule has 0 aliphatic carbocycles. The maximum Gasteiger partial charge on any atom is 0.0511 e. The van der Waals surface area contributed by atoms with Gasteiger partial charge in [-0.25, -0.2) is 0 Å². The summed E-state index contributed by atoms with van der Waals surface area (Å²) in [6.07, 6.45) is 2.45. The Labute approximate surface area is 113 Å². The summed E-state index contributed by atoms with van der Waals surface area (Å²) in [4.78, 5) is 0. The van der Waals surface area contributed by atoms with Gasteiger partial charge in [0.25, 0.3) is 0 Å². The number of benzene rings is 1. The van der Waals surface area contributed by atoms with Crippen molar-refractivity contribution < 1.29 is 4.74 Å². The molecule has 4 heteroatoms. The third-order valence-corrected chi connectivity index (χ3v) is 3.95. The van der Waals surface area contributed by atoms with Crippen LogP contribution in [-0.4, -0.2) is 19.8 Å². The maximum atomic E-state index is 5.46. The monoisotopic (exact) mass is 347 g/mol. The number of hydrogen-bond donors (Lipinski definition) is 1. The third-order valence-electron chi connectivity index (χ3n) is 2.76. The Morgan fingerprint density at radius 1 is 1.38 bits per heavy atom. The molecule has 0 radical (unpaired) electrons. The van der Waals surface area contributed by atoms with Gasteiger partial charge < -0.3 is 10.1 Å². The van der Waals surface area contributed by atoms with E-state index in [9.17, 15) is 0 Å². The van der Waals surface area contributed by atoms with E-state index < -0.39 is 0 Å². The predicted molar refractivity (Wildman–Crippen MR) is 73.9 cm³/mol. The van der Waals surface area contributed by atoms with Crippen molar-refractivity contribution in [1.82, 2.24) is 0 Å². The van der Waals surface area contributed by atoms with Crippen LogP contribution in [0.1, 0.15) is 12.8 Å². The van der Waals surface area contributed by atoms with Crippen molar-refractivity contribution in [3.63, 3.8) is 0 Å². The fraction of sp³-hybridized carbons (Fsp3) is 0.500. The van der Waals surface area contributed by atoms with Crippen molar-refractivity contribution in [2.24, 2.45) is 5.92 Å². The number of hydrogen-bond acceptors (Lipinski definition) is 2. The molecule has 0 amide bonds. The van der Waals surface area contributed by atoms with Crippen LogP contribution in [0.5, 0.6) is 0 Å². The Morgan fingerprint density at radius 2 is 2.25 bits per heavy atom. The highest BCUT2D eigenvalue weighted by molar-refractivity contribution is 9.11. The van der Waals surface area contributed by atoms with Gasteiger partial charge in [0, 0.05) is 27.8 Å². The molecule has 1 aromatic carbocycles. The third kappa shape index (κ3) is 3.47. The molecule has 0 aromatic heterocycles. The van der Waals surface area contributed by atoms with Crippen LogP contribution in [0.4, 0.5) is 5.69 Å². The quantitative estimate of drug-likeness (QED) is 0.889. The lowest BCUT2D eigenvalue weighted by Gasteiger charge is -2.23. The fourth-order valence-electron chi connectivity index (χ4n) is 1.86. The molecule has 88 valence electrons. The summed E-state index contributed by atoms with van der Waals surface area (Å²) in [5.74, 6) is 0.639. The normalized spacial score (nSPS) is 20.8. The molecule has 1 saturated heterocycles. The summed E-state index contributed by atoms with van der Waals surface area (Å²) in [5.41, 5.74) is 1.14. The Bertz CT molecular complexity index is 351. The Morgan fingerprint density at radius 3 is 3.00 bits per heavy atom. The molecular weight excluding hydrogens is 334 g/mol. The molecule has 0 saturated carbocycles. The van der Waals surface area contributed by atoms with Crippen molar-refractivity contribution in [2.45, 2.75) is 12.8 Å². The van der Waals surface area contributed by atoms with Crippen LogP contribution in [0.25, 0.3) is 0 Å². The van der Waals surface area contributed by atoms with Crippen LogP contribution in [-0.2, 0) is 4.74 Å². The van der Waals surface area contributed by atoms with Crippen LogP contribution in [0.15, 0.2) is 27.1 Å². The highest BCUT2D eigenvalue weighted by Gasteiger charge is 2.13. The molecule has 1 unspecified atom stereocenters. The van der Waals surface area contributed by atoms with Gasteiger partial charge in [0.05, 0.1) is 6.61 Å².